The molecule has 38 heavy (non-hydrogen) atoms. The lowest BCUT2D eigenvalue weighted by atomic mass is 10.0. The van der Waals surface area contributed by atoms with Gasteiger partial charge < -0.3 is 8.92 Å². The summed E-state index contributed by atoms with van der Waals surface area (Å²) in [5, 5.41) is 0. The standard InChI is InChI=1S/C23H37F3O4S.C6H5I/c1-2-3-4-5-6-7-8-9-10-11-12-13-14-15-20-29-21-16-18-22(19-17-21)30-31(27,28)23(24,25)26;7-6-4-2-1-3-5-6/h16-19H,2-15,20H2,1H3;1-5H. The van der Waals surface area contributed by atoms with E-state index in [-0.39, 0.29) is 0 Å². The van der Waals surface area contributed by atoms with Crippen LogP contribution in [-0.2, 0) is 10.1 Å². The minimum absolute atomic E-state index is 0.402. The molecule has 4 nitrogen and oxygen atoms in total. The molecule has 0 radical (unpaired) electrons. The summed E-state index contributed by atoms with van der Waals surface area (Å²) in [5.74, 6) is 0.0626. The van der Waals surface area contributed by atoms with Gasteiger partial charge in [0.1, 0.15) is 11.5 Å². The number of hydrogen-bond donors (Lipinski definition) is 0. The van der Waals surface area contributed by atoms with Gasteiger partial charge in [-0.3, -0.25) is 0 Å². The van der Waals surface area contributed by atoms with E-state index in [1.165, 1.54) is 92.8 Å². The van der Waals surface area contributed by atoms with Crippen LogP contribution in [0.2, 0.25) is 0 Å². The van der Waals surface area contributed by atoms with Gasteiger partial charge in [0.05, 0.1) is 6.61 Å². The molecule has 0 N–H and O–H groups in total. The predicted molar refractivity (Wildman–Crippen MR) is 157 cm³/mol. The summed E-state index contributed by atoms with van der Waals surface area (Å²) in [6.45, 7) is 2.76. The molecule has 2 aromatic rings. The summed E-state index contributed by atoms with van der Waals surface area (Å²) in [6.07, 6.45) is 17.8. The summed E-state index contributed by atoms with van der Waals surface area (Å²) in [5.41, 5.74) is -5.45. The average Bonchev–Trinajstić information content (AvgIpc) is 2.87. The predicted octanol–water partition coefficient (Wildman–Crippen LogP) is 10.1. The fourth-order valence-electron chi connectivity index (χ4n) is 3.67. The van der Waals surface area contributed by atoms with Crippen LogP contribution in [0.1, 0.15) is 96.8 Å². The SMILES string of the molecule is CCCCCCCCCCCCCCCCOc1ccc(OS(=O)(=O)C(F)(F)F)cc1.Ic1ccccc1. The van der Waals surface area contributed by atoms with E-state index in [0.717, 1.165) is 25.0 Å². The van der Waals surface area contributed by atoms with Gasteiger partial charge in [0.25, 0.3) is 0 Å². The maximum atomic E-state index is 12.3. The summed E-state index contributed by atoms with van der Waals surface area (Å²) in [4.78, 5) is 0. The number of benzene rings is 2. The van der Waals surface area contributed by atoms with Gasteiger partial charge in [0.15, 0.2) is 0 Å². The number of halogens is 4. The first-order chi connectivity index (χ1) is 18.2. The summed E-state index contributed by atoms with van der Waals surface area (Å²) < 4.78 is 69.7. The fraction of sp³-hybridized carbons (Fsp3) is 0.586. The first-order valence-electron chi connectivity index (χ1n) is 13.6. The number of rotatable bonds is 18. The highest BCUT2D eigenvalue weighted by molar-refractivity contribution is 14.1. The van der Waals surface area contributed by atoms with Gasteiger partial charge in [-0.05, 0) is 65.4 Å². The first-order valence-corrected chi connectivity index (χ1v) is 16.1. The third-order valence-corrected chi connectivity index (χ3v) is 7.51. The first kappa shape index (κ1) is 34.5. The van der Waals surface area contributed by atoms with Gasteiger partial charge in [-0.15, -0.1) is 0 Å². The van der Waals surface area contributed by atoms with Crippen molar-refractivity contribution in [3.8, 4) is 11.5 Å². The van der Waals surface area contributed by atoms with E-state index in [1.54, 1.807) is 0 Å². The normalized spacial score (nSPS) is 11.5. The maximum absolute atomic E-state index is 12.3. The number of hydrogen-bond acceptors (Lipinski definition) is 4. The highest BCUT2D eigenvalue weighted by Gasteiger charge is 2.48. The molecule has 0 unspecified atom stereocenters. The smallest absolute Gasteiger partial charge is 0.494 e. The molecule has 2 aromatic carbocycles. The molecule has 0 saturated heterocycles. The molecule has 0 fully saturated rings. The van der Waals surface area contributed by atoms with Crippen molar-refractivity contribution in [2.45, 2.75) is 102 Å². The molecular weight excluding hydrogens is 628 g/mol. The molecule has 0 heterocycles. The zero-order valence-corrected chi connectivity index (χ0v) is 25.3. The molecular formula is C29H42F3IO4S. The van der Waals surface area contributed by atoms with Crippen LogP contribution in [0.25, 0.3) is 0 Å². The number of unbranched alkanes of at least 4 members (excludes halogenated alkanes) is 13. The third-order valence-electron chi connectivity index (χ3n) is 5.81. The van der Waals surface area contributed by atoms with Gasteiger partial charge in [-0.2, -0.15) is 21.6 Å². The molecule has 0 spiro atoms. The van der Waals surface area contributed by atoms with Crippen molar-refractivity contribution in [1.29, 1.82) is 0 Å². The topological polar surface area (TPSA) is 52.6 Å². The third kappa shape index (κ3) is 17.2. The summed E-state index contributed by atoms with van der Waals surface area (Å²) in [7, 11) is -5.65. The van der Waals surface area contributed by atoms with Crippen molar-refractivity contribution >= 4 is 32.7 Å². The molecule has 0 aromatic heterocycles. The van der Waals surface area contributed by atoms with E-state index in [1.807, 2.05) is 18.2 Å². The van der Waals surface area contributed by atoms with Crippen LogP contribution in [0.4, 0.5) is 13.2 Å². The molecule has 2 rings (SSSR count). The lowest BCUT2D eigenvalue weighted by Crippen LogP contribution is -2.28. The lowest BCUT2D eigenvalue weighted by Gasteiger charge is -2.10. The monoisotopic (exact) mass is 670 g/mol. The Balaban J connectivity index is 0.000000884. The molecule has 216 valence electrons. The second kappa shape index (κ2) is 20.4. The van der Waals surface area contributed by atoms with Crippen molar-refractivity contribution in [3.05, 3.63) is 58.2 Å². The molecule has 0 aliphatic heterocycles. The van der Waals surface area contributed by atoms with Crippen LogP contribution in [-0.4, -0.2) is 20.5 Å². The van der Waals surface area contributed by atoms with Gasteiger partial charge in [-0.25, -0.2) is 0 Å². The Kier molecular flexibility index (Phi) is 18.6. The lowest BCUT2D eigenvalue weighted by molar-refractivity contribution is -0.0500. The molecule has 0 bridgehead atoms. The largest absolute Gasteiger partial charge is 0.534 e. The van der Waals surface area contributed by atoms with Crippen molar-refractivity contribution in [3.63, 3.8) is 0 Å². The minimum Gasteiger partial charge on any atom is -0.494 e. The highest BCUT2D eigenvalue weighted by atomic mass is 127. The maximum Gasteiger partial charge on any atom is 0.534 e. The van der Waals surface area contributed by atoms with Gasteiger partial charge in [0.2, 0.25) is 0 Å². The summed E-state index contributed by atoms with van der Waals surface area (Å²) >= 11 is 2.28. The molecule has 0 atom stereocenters. The van der Waals surface area contributed by atoms with E-state index in [4.69, 9.17) is 4.74 Å². The van der Waals surface area contributed by atoms with Crippen LogP contribution in [0.3, 0.4) is 0 Å². The molecule has 0 aliphatic carbocycles. The molecule has 0 saturated carbocycles. The van der Waals surface area contributed by atoms with Gasteiger partial charge in [-0.1, -0.05) is 109 Å². The Bertz CT molecular complexity index is 937. The fourth-order valence-corrected chi connectivity index (χ4v) is 4.54. The van der Waals surface area contributed by atoms with E-state index in [0.29, 0.717) is 12.4 Å². The molecule has 0 aliphatic rings. The zero-order chi connectivity index (χ0) is 28.1. The van der Waals surface area contributed by atoms with Crippen molar-refractivity contribution in [2.75, 3.05) is 6.61 Å². The van der Waals surface area contributed by atoms with Gasteiger partial charge >= 0.3 is 15.6 Å². The van der Waals surface area contributed by atoms with Gasteiger partial charge in [0, 0.05) is 3.57 Å². The Morgan fingerprint density at radius 2 is 1.08 bits per heavy atom. The minimum atomic E-state index is -5.65. The van der Waals surface area contributed by atoms with E-state index in [2.05, 4.69) is 45.8 Å². The van der Waals surface area contributed by atoms with Crippen LogP contribution in [0, 0.1) is 3.57 Å². The second-order valence-electron chi connectivity index (χ2n) is 9.19. The number of alkyl halides is 3. The van der Waals surface area contributed by atoms with Crippen LogP contribution in [0.5, 0.6) is 11.5 Å². The second-order valence-corrected chi connectivity index (χ2v) is 12.0. The highest BCUT2D eigenvalue weighted by Crippen LogP contribution is 2.28. The van der Waals surface area contributed by atoms with Crippen molar-refractivity contribution in [1.82, 2.24) is 0 Å². The Labute approximate surface area is 241 Å². The quantitative estimate of drug-likeness (QED) is 0.0686. The number of ether oxygens (including phenoxy) is 1. The van der Waals surface area contributed by atoms with Crippen LogP contribution < -0.4 is 8.92 Å². The van der Waals surface area contributed by atoms with E-state index < -0.39 is 21.4 Å². The Hall–Kier alpha value is -1.49. The average molecular weight is 671 g/mol. The van der Waals surface area contributed by atoms with Crippen molar-refractivity contribution in [2.24, 2.45) is 0 Å². The Morgan fingerprint density at radius 1 is 0.658 bits per heavy atom. The molecule has 0 amide bonds. The van der Waals surface area contributed by atoms with Crippen molar-refractivity contribution < 1.29 is 30.5 Å². The van der Waals surface area contributed by atoms with Crippen LogP contribution >= 0.6 is 22.6 Å². The van der Waals surface area contributed by atoms with E-state index >= 15 is 0 Å². The zero-order valence-electron chi connectivity index (χ0n) is 22.4. The summed E-state index contributed by atoms with van der Waals surface area (Å²) in [6, 6.07) is 15.3. The van der Waals surface area contributed by atoms with E-state index in [9.17, 15) is 21.6 Å². The molecule has 9 heteroatoms. The van der Waals surface area contributed by atoms with Crippen LogP contribution in [0.15, 0.2) is 54.6 Å². The Morgan fingerprint density at radius 3 is 1.47 bits per heavy atom.